The minimum Gasteiger partial charge on any atom is -0.378 e. The van der Waals surface area contributed by atoms with E-state index in [1.807, 2.05) is 0 Å². The van der Waals surface area contributed by atoms with Crippen LogP contribution in [0.5, 0.6) is 0 Å². The van der Waals surface area contributed by atoms with Gasteiger partial charge in [0.2, 0.25) is 11.6 Å². The molecule has 3 N–H and O–H groups in total. The van der Waals surface area contributed by atoms with Crippen molar-refractivity contribution in [1.29, 1.82) is 0 Å². The molecule has 0 atom stereocenters. The highest BCUT2D eigenvalue weighted by molar-refractivity contribution is 9.10. The van der Waals surface area contributed by atoms with Crippen LogP contribution in [-0.2, 0) is 0 Å². The van der Waals surface area contributed by atoms with Gasteiger partial charge in [0, 0.05) is 10.0 Å². The van der Waals surface area contributed by atoms with E-state index in [4.69, 9.17) is 5.73 Å². The monoisotopic (exact) mass is 408 g/mol. The normalized spacial score (nSPS) is 11.2. The minimum atomic E-state index is -0.642. The van der Waals surface area contributed by atoms with Crippen molar-refractivity contribution in [2.45, 2.75) is 6.92 Å². The number of nitrogen functional groups attached to an aromatic ring is 1. The summed E-state index contributed by atoms with van der Waals surface area (Å²) in [5, 5.41) is 18.3. The van der Waals surface area contributed by atoms with Crippen LogP contribution in [0.4, 0.5) is 10.2 Å². The van der Waals surface area contributed by atoms with Crippen LogP contribution >= 0.6 is 15.9 Å². The average molecular weight is 409 g/mol. The fourth-order valence-corrected chi connectivity index (χ4v) is 2.31. The maximum Gasteiger partial charge on any atom is 0.292 e. The smallest absolute Gasteiger partial charge is 0.292 e. The molecule has 10 nitrogen and oxygen atoms in total. The summed E-state index contributed by atoms with van der Waals surface area (Å²) in [6.45, 7) is 1.57. The molecule has 25 heavy (non-hydrogen) atoms. The number of hydrogen-bond acceptors (Lipinski definition) is 8. The lowest BCUT2D eigenvalue weighted by atomic mass is 10.2. The third-order valence-electron chi connectivity index (χ3n) is 3.08. The van der Waals surface area contributed by atoms with Crippen molar-refractivity contribution in [2.75, 3.05) is 5.73 Å². The highest BCUT2D eigenvalue weighted by atomic mass is 79.9. The van der Waals surface area contributed by atoms with E-state index in [2.05, 4.69) is 51.7 Å². The van der Waals surface area contributed by atoms with E-state index in [1.165, 1.54) is 18.3 Å². The lowest BCUT2D eigenvalue weighted by Crippen LogP contribution is -2.23. The number of carbonyl (C=O) groups is 1. The van der Waals surface area contributed by atoms with Crippen LogP contribution in [0.1, 0.15) is 21.7 Å². The molecule has 0 fully saturated rings. The molecule has 3 rings (SSSR count). The van der Waals surface area contributed by atoms with Gasteiger partial charge in [-0.05, 0) is 35.4 Å². The number of anilines is 1. The Morgan fingerprint density at radius 1 is 1.48 bits per heavy atom. The van der Waals surface area contributed by atoms with Crippen molar-refractivity contribution in [2.24, 2.45) is 5.10 Å². The quantitative estimate of drug-likeness (QED) is 0.488. The standard InChI is InChI=1S/C13H10BrFN8O2/c1-6-10(23(22-18-6)12-11(16)20-25-21-12)13(24)19-17-5-7-4-8(14)2-3-9(7)15/h2-5H,1H3,(H2,16,20)(H,19,24)/b17-5-. The largest absolute Gasteiger partial charge is 0.378 e. The molecule has 0 radical (unpaired) electrons. The van der Waals surface area contributed by atoms with Crippen LogP contribution in [0.3, 0.4) is 0 Å². The van der Waals surface area contributed by atoms with Gasteiger partial charge in [-0.1, -0.05) is 21.1 Å². The Balaban J connectivity index is 1.83. The number of nitrogens with one attached hydrogen (secondary N) is 1. The maximum absolute atomic E-state index is 13.6. The predicted molar refractivity (Wildman–Crippen MR) is 87.5 cm³/mol. The Labute approximate surface area is 148 Å². The van der Waals surface area contributed by atoms with Crippen LogP contribution in [0.2, 0.25) is 0 Å². The fraction of sp³-hybridized carbons (Fsp3) is 0.0769. The summed E-state index contributed by atoms with van der Waals surface area (Å²) < 4.78 is 19.9. The van der Waals surface area contributed by atoms with Gasteiger partial charge in [-0.15, -0.1) is 5.10 Å². The van der Waals surface area contributed by atoms with Crippen LogP contribution in [0.25, 0.3) is 5.82 Å². The molecular weight excluding hydrogens is 399 g/mol. The first-order valence-electron chi connectivity index (χ1n) is 6.76. The van der Waals surface area contributed by atoms with Crippen LogP contribution in [0, 0.1) is 12.7 Å². The number of halogens is 2. The molecule has 12 heteroatoms. The van der Waals surface area contributed by atoms with Crippen molar-refractivity contribution in [3.05, 3.63) is 45.4 Å². The molecule has 0 saturated heterocycles. The lowest BCUT2D eigenvalue weighted by Gasteiger charge is -2.03. The van der Waals surface area contributed by atoms with Crippen molar-refractivity contribution < 1.29 is 13.8 Å². The second-order valence-corrected chi connectivity index (χ2v) is 5.69. The van der Waals surface area contributed by atoms with Gasteiger partial charge in [0.15, 0.2) is 5.69 Å². The van der Waals surface area contributed by atoms with Gasteiger partial charge in [-0.3, -0.25) is 4.79 Å². The Morgan fingerprint density at radius 2 is 2.28 bits per heavy atom. The number of rotatable bonds is 4. The Morgan fingerprint density at radius 3 is 3.00 bits per heavy atom. The first kappa shape index (κ1) is 16.7. The number of nitrogens with two attached hydrogens (primary N) is 1. The molecule has 0 aliphatic rings. The number of hydrogen-bond donors (Lipinski definition) is 2. The van der Waals surface area contributed by atoms with Gasteiger partial charge in [0.25, 0.3) is 5.91 Å². The fourth-order valence-electron chi connectivity index (χ4n) is 1.93. The molecule has 128 valence electrons. The first-order valence-corrected chi connectivity index (χ1v) is 7.56. The van der Waals surface area contributed by atoms with Crippen molar-refractivity contribution >= 4 is 33.9 Å². The number of benzene rings is 1. The molecular formula is C13H10BrFN8O2. The zero-order valence-electron chi connectivity index (χ0n) is 12.6. The summed E-state index contributed by atoms with van der Waals surface area (Å²) in [7, 11) is 0. The second-order valence-electron chi connectivity index (χ2n) is 4.77. The van der Waals surface area contributed by atoms with Gasteiger partial charge in [-0.2, -0.15) is 9.78 Å². The molecule has 1 amide bonds. The summed E-state index contributed by atoms with van der Waals surface area (Å²) in [6, 6.07) is 4.34. The lowest BCUT2D eigenvalue weighted by molar-refractivity contribution is 0.0946. The van der Waals surface area contributed by atoms with Gasteiger partial charge in [-0.25, -0.2) is 14.4 Å². The van der Waals surface area contributed by atoms with E-state index < -0.39 is 11.7 Å². The zero-order chi connectivity index (χ0) is 18.0. The molecule has 2 aromatic heterocycles. The maximum atomic E-state index is 13.6. The van der Waals surface area contributed by atoms with E-state index in [-0.39, 0.29) is 22.9 Å². The number of carbonyl (C=O) groups excluding carboxylic acids is 1. The van der Waals surface area contributed by atoms with E-state index in [0.29, 0.717) is 10.2 Å². The van der Waals surface area contributed by atoms with Crippen LogP contribution in [-0.4, -0.2) is 37.4 Å². The van der Waals surface area contributed by atoms with Gasteiger partial charge >= 0.3 is 0 Å². The third kappa shape index (κ3) is 3.38. The summed E-state index contributed by atoms with van der Waals surface area (Å²) in [4.78, 5) is 12.3. The number of aryl methyl sites for hydroxylation is 1. The molecule has 0 aliphatic heterocycles. The molecule has 0 aliphatic carbocycles. The minimum absolute atomic E-state index is 0.0211. The Hall–Kier alpha value is -3.15. The molecule has 3 aromatic rings. The first-order chi connectivity index (χ1) is 12.0. The highest BCUT2D eigenvalue weighted by Crippen LogP contribution is 2.15. The zero-order valence-corrected chi connectivity index (χ0v) is 14.2. The van der Waals surface area contributed by atoms with Crippen LogP contribution < -0.4 is 11.2 Å². The van der Waals surface area contributed by atoms with Gasteiger partial charge in [0.1, 0.15) is 5.82 Å². The Bertz CT molecular complexity index is 967. The summed E-state index contributed by atoms with van der Waals surface area (Å²) >= 11 is 3.23. The SMILES string of the molecule is Cc1nnn(-c2nonc2N)c1C(=O)N/N=C\c1cc(Br)ccc1F. The van der Waals surface area contributed by atoms with Gasteiger partial charge in [0.05, 0.1) is 11.9 Å². The predicted octanol–water partition coefficient (Wildman–Crippen LogP) is 1.21. The number of amides is 1. The molecule has 0 unspecified atom stereocenters. The topological polar surface area (TPSA) is 137 Å². The molecule has 2 heterocycles. The molecule has 0 bridgehead atoms. The van der Waals surface area contributed by atoms with E-state index in [9.17, 15) is 9.18 Å². The Kier molecular flexibility index (Phi) is 4.52. The highest BCUT2D eigenvalue weighted by Gasteiger charge is 2.22. The average Bonchev–Trinajstić information content (AvgIpc) is 3.16. The van der Waals surface area contributed by atoms with Crippen molar-refractivity contribution in [3.63, 3.8) is 0 Å². The van der Waals surface area contributed by atoms with Crippen molar-refractivity contribution in [3.8, 4) is 5.82 Å². The molecule has 0 spiro atoms. The summed E-state index contributed by atoms with van der Waals surface area (Å²) in [6.07, 6.45) is 1.17. The van der Waals surface area contributed by atoms with E-state index in [0.717, 1.165) is 4.68 Å². The second kappa shape index (κ2) is 6.76. The number of nitrogens with zero attached hydrogens (tertiary/aromatic N) is 6. The molecule has 1 aromatic carbocycles. The van der Waals surface area contributed by atoms with Crippen LogP contribution in [0.15, 0.2) is 32.4 Å². The summed E-state index contributed by atoms with van der Waals surface area (Å²) in [5.74, 6) is -1.16. The molecule has 0 saturated carbocycles. The number of hydrazone groups is 1. The van der Waals surface area contributed by atoms with E-state index >= 15 is 0 Å². The van der Waals surface area contributed by atoms with Crippen molar-refractivity contribution in [1.82, 2.24) is 30.7 Å². The van der Waals surface area contributed by atoms with E-state index in [1.54, 1.807) is 13.0 Å². The third-order valence-corrected chi connectivity index (χ3v) is 3.57. The van der Waals surface area contributed by atoms with Gasteiger partial charge < -0.3 is 5.73 Å². The summed E-state index contributed by atoms with van der Waals surface area (Å²) in [5.41, 5.74) is 8.41. The number of aromatic nitrogens is 5.